The van der Waals surface area contributed by atoms with Gasteiger partial charge in [0.15, 0.2) is 0 Å². The molecule has 3 heteroatoms. The summed E-state index contributed by atoms with van der Waals surface area (Å²) in [6.45, 7) is 3.39. The number of hydrogen-bond donors (Lipinski definition) is 1. The molecule has 1 unspecified atom stereocenters. The van der Waals surface area contributed by atoms with E-state index >= 15 is 0 Å². The lowest BCUT2D eigenvalue weighted by Crippen LogP contribution is -2.17. The molecule has 0 bridgehead atoms. The molecular weight excluding hydrogens is 277 g/mol. The van der Waals surface area contributed by atoms with E-state index in [0.29, 0.717) is 5.56 Å². The molecule has 3 rings (SSSR count). The largest absolute Gasteiger partial charge is 0.389 e. The number of hydrogen-bond acceptors (Lipinski definition) is 2. The lowest BCUT2D eigenvalue weighted by molar-refractivity contribution is 0.199. The molecule has 1 aliphatic heterocycles. The minimum Gasteiger partial charge on any atom is -0.389 e. The second kappa shape index (κ2) is 6.49. The average Bonchev–Trinajstić information content (AvgIpc) is 3.09. The van der Waals surface area contributed by atoms with Crippen molar-refractivity contribution in [2.24, 2.45) is 0 Å². The van der Waals surface area contributed by atoms with Crippen LogP contribution in [0.15, 0.2) is 42.5 Å². The maximum absolute atomic E-state index is 13.2. The van der Waals surface area contributed by atoms with Gasteiger partial charge in [-0.15, -0.1) is 0 Å². The fraction of sp³-hybridized carbons (Fsp3) is 0.368. The molecule has 1 saturated heterocycles. The third-order valence-corrected chi connectivity index (χ3v) is 4.31. The highest BCUT2D eigenvalue weighted by Crippen LogP contribution is 2.30. The summed E-state index contributed by atoms with van der Waals surface area (Å²) in [7, 11) is 0. The second-order valence-corrected chi connectivity index (χ2v) is 6.02. The van der Waals surface area contributed by atoms with Crippen LogP contribution < -0.4 is 4.90 Å². The predicted molar refractivity (Wildman–Crippen MR) is 88.8 cm³/mol. The summed E-state index contributed by atoms with van der Waals surface area (Å²) in [6, 6.07) is 13.8. The zero-order chi connectivity index (χ0) is 15.5. The minimum atomic E-state index is -0.498. The van der Waals surface area contributed by atoms with Gasteiger partial charge in [-0.2, -0.15) is 0 Å². The number of alkyl halides is 1. The number of benzene rings is 2. The molecule has 22 heavy (non-hydrogen) atoms. The van der Waals surface area contributed by atoms with E-state index in [2.05, 4.69) is 11.0 Å². The summed E-state index contributed by atoms with van der Waals surface area (Å²) in [5, 5.41) is 9.75. The Morgan fingerprint density at radius 1 is 1.09 bits per heavy atom. The quantitative estimate of drug-likeness (QED) is 0.900. The van der Waals surface area contributed by atoms with Crippen LogP contribution in [0.5, 0.6) is 0 Å². The number of anilines is 1. The van der Waals surface area contributed by atoms with E-state index in [4.69, 9.17) is 0 Å². The molecule has 2 nitrogen and oxygen atoms in total. The zero-order valence-electron chi connectivity index (χ0n) is 12.9. The first-order valence-electron chi connectivity index (χ1n) is 7.90. The van der Waals surface area contributed by atoms with Crippen molar-refractivity contribution in [3.05, 3.63) is 53.6 Å². The maximum atomic E-state index is 13.2. The summed E-state index contributed by atoms with van der Waals surface area (Å²) < 4.78 is 13.2. The molecule has 0 amide bonds. The maximum Gasteiger partial charge on any atom is 0.115 e. The normalized spacial score (nSPS) is 16.0. The van der Waals surface area contributed by atoms with Gasteiger partial charge in [-0.25, -0.2) is 4.39 Å². The first-order valence-corrected chi connectivity index (χ1v) is 7.90. The molecule has 0 radical (unpaired) electrons. The van der Waals surface area contributed by atoms with E-state index in [1.165, 1.54) is 12.8 Å². The van der Waals surface area contributed by atoms with Gasteiger partial charge in [0.25, 0.3) is 0 Å². The van der Waals surface area contributed by atoms with Crippen molar-refractivity contribution < 1.29 is 9.50 Å². The number of nitrogens with zero attached hydrogens (tertiary/aromatic N) is 1. The summed E-state index contributed by atoms with van der Waals surface area (Å²) in [5.41, 5.74) is 4.73. The highest BCUT2D eigenvalue weighted by Gasteiger charge is 2.14. The Bertz CT molecular complexity index is 648. The van der Waals surface area contributed by atoms with Gasteiger partial charge in [-0.1, -0.05) is 18.2 Å². The SMILES string of the molecule is CC(O)c1cccc(-c2cc(CF)cc(N3CCCC3)c2)c1. The molecule has 1 fully saturated rings. The molecule has 0 saturated carbocycles. The Labute approximate surface area is 131 Å². The van der Waals surface area contributed by atoms with Crippen molar-refractivity contribution in [2.45, 2.75) is 32.5 Å². The van der Waals surface area contributed by atoms with Gasteiger partial charge in [0.2, 0.25) is 0 Å². The van der Waals surface area contributed by atoms with Crippen molar-refractivity contribution in [2.75, 3.05) is 18.0 Å². The van der Waals surface area contributed by atoms with Gasteiger partial charge in [0.05, 0.1) is 6.10 Å². The van der Waals surface area contributed by atoms with E-state index in [1.54, 1.807) is 6.92 Å². The van der Waals surface area contributed by atoms with E-state index in [-0.39, 0.29) is 0 Å². The lowest BCUT2D eigenvalue weighted by atomic mass is 9.99. The monoisotopic (exact) mass is 299 g/mol. The number of halogens is 1. The first-order chi connectivity index (χ1) is 10.7. The Morgan fingerprint density at radius 3 is 2.55 bits per heavy atom. The molecule has 1 aliphatic rings. The van der Waals surface area contributed by atoms with Crippen molar-refractivity contribution in [3.8, 4) is 11.1 Å². The summed E-state index contributed by atoms with van der Waals surface area (Å²) >= 11 is 0. The third-order valence-electron chi connectivity index (χ3n) is 4.31. The van der Waals surface area contributed by atoms with Crippen molar-refractivity contribution in [3.63, 3.8) is 0 Å². The molecule has 1 atom stereocenters. The summed E-state index contributed by atoms with van der Waals surface area (Å²) in [6.07, 6.45) is 1.90. The predicted octanol–water partition coefficient (Wildman–Crippen LogP) is 4.48. The third kappa shape index (κ3) is 3.14. The van der Waals surface area contributed by atoms with Gasteiger partial charge in [0.1, 0.15) is 6.67 Å². The number of aliphatic hydroxyl groups excluding tert-OH is 1. The zero-order valence-corrected chi connectivity index (χ0v) is 12.9. The Hall–Kier alpha value is -1.87. The summed E-state index contributed by atoms with van der Waals surface area (Å²) in [4.78, 5) is 2.32. The van der Waals surface area contributed by atoms with Crippen LogP contribution in [0.3, 0.4) is 0 Å². The molecule has 2 aromatic rings. The second-order valence-electron chi connectivity index (χ2n) is 6.02. The molecule has 116 valence electrons. The first kappa shape index (κ1) is 15.0. The number of aliphatic hydroxyl groups is 1. The van der Waals surface area contributed by atoms with Crippen LogP contribution in [0.25, 0.3) is 11.1 Å². The Morgan fingerprint density at radius 2 is 1.86 bits per heavy atom. The average molecular weight is 299 g/mol. The Balaban J connectivity index is 2.02. The van der Waals surface area contributed by atoms with Gasteiger partial charge in [-0.3, -0.25) is 0 Å². The van der Waals surface area contributed by atoms with Gasteiger partial charge < -0.3 is 10.0 Å². The van der Waals surface area contributed by atoms with Gasteiger partial charge in [0, 0.05) is 18.8 Å². The van der Waals surface area contributed by atoms with Crippen molar-refractivity contribution in [1.29, 1.82) is 0 Å². The highest BCUT2D eigenvalue weighted by molar-refractivity contribution is 5.70. The molecular formula is C19H22FNO. The summed E-state index contributed by atoms with van der Waals surface area (Å²) in [5.74, 6) is 0. The smallest absolute Gasteiger partial charge is 0.115 e. The standard InChI is InChI=1S/C19H22FNO/c1-14(22)16-5-4-6-17(11-16)18-9-15(13-20)10-19(12-18)21-7-2-3-8-21/h4-6,9-12,14,22H,2-3,7-8,13H2,1H3. The molecule has 1 heterocycles. The highest BCUT2D eigenvalue weighted by atomic mass is 19.1. The van der Waals surface area contributed by atoms with Crippen LogP contribution in [0.1, 0.15) is 37.0 Å². The molecule has 0 spiro atoms. The van der Waals surface area contributed by atoms with E-state index in [9.17, 15) is 9.50 Å². The lowest BCUT2D eigenvalue weighted by Gasteiger charge is -2.20. The number of rotatable bonds is 4. The van der Waals surface area contributed by atoms with E-state index < -0.39 is 12.8 Å². The van der Waals surface area contributed by atoms with Gasteiger partial charge in [-0.05, 0) is 66.3 Å². The van der Waals surface area contributed by atoms with Crippen molar-refractivity contribution in [1.82, 2.24) is 0 Å². The van der Waals surface area contributed by atoms with Crippen LogP contribution in [-0.4, -0.2) is 18.2 Å². The van der Waals surface area contributed by atoms with Crippen LogP contribution in [0, 0.1) is 0 Å². The molecule has 2 aromatic carbocycles. The minimum absolute atomic E-state index is 0.454. The van der Waals surface area contributed by atoms with Gasteiger partial charge >= 0.3 is 0 Å². The Kier molecular flexibility index (Phi) is 4.44. The molecule has 0 aliphatic carbocycles. The van der Waals surface area contributed by atoms with Crippen LogP contribution in [0.2, 0.25) is 0 Å². The van der Waals surface area contributed by atoms with Crippen LogP contribution >= 0.6 is 0 Å². The van der Waals surface area contributed by atoms with Crippen LogP contribution in [-0.2, 0) is 6.67 Å². The topological polar surface area (TPSA) is 23.5 Å². The fourth-order valence-corrected chi connectivity index (χ4v) is 3.05. The fourth-order valence-electron chi connectivity index (χ4n) is 3.05. The van der Waals surface area contributed by atoms with Crippen molar-refractivity contribution >= 4 is 5.69 Å². The molecule has 0 aromatic heterocycles. The molecule has 1 N–H and O–H groups in total. The van der Waals surface area contributed by atoms with E-state index in [1.807, 2.05) is 36.4 Å². The van der Waals surface area contributed by atoms with Crippen LogP contribution in [0.4, 0.5) is 10.1 Å². The van der Waals surface area contributed by atoms with E-state index in [0.717, 1.165) is 35.5 Å².